The topological polar surface area (TPSA) is 72.9 Å². The van der Waals surface area contributed by atoms with Crippen LogP contribution < -0.4 is 5.32 Å². The molecule has 0 aromatic heterocycles. The largest absolute Gasteiger partial charge is 0.395 e. The first kappa shape index (κ1) is 21.6. The van der Waals surface area contributed by atoms with Gasteiger partial charge in [0.1, 0.15) is 0 Å². The molecule has 3 rings (SSSR count). The van der Waals surface area contributed by atoms with Crippen LogP contribution in [0, 0.1) is 5.92 Å². The second kappa shape index (κ2) is 11.2. The summed E-state index contributed by atoms with van der Waals surface area (Å²) in [5, 5.41) is 12.5. The number of likely N-dealkylation sites (tertiary alicyclic amines) is 1. The lowest BCUT2D eigenvalue weighted by atomic mass is 9.87. The number of aliphatic hydroxyl groups is 1. The Morgan fingerprint density at radius 3 is 2.34 bits per heavy atom. The number of hydrogen-bond donors (Lipinski definition) is 2. The van der Waals surface area contributed by atoms with Crippen LogP contribution in [0.4, 0.5) is 4.79 Å². The Labute approximate surface area is 174 Å². The molecule has 0 atom stereocenters. The smallest absolute Gasteiger partial charge is 0.317 e. The Morgan fingerprint density at radius 2 is 1.69 bits per heavy atom. The van der Waals surface area contributed by atoms with Crippen molar-refractivity contribution >= 4 is 11.9 Å². The van der Waals surface area contributed by atoms with Gasteiger partial charge in [-0.3, -0.25) is 4.79 Å². The van der Waals surface area contributed by atoms with Crippen LogP contribution in [-0.2, 0) is 11.2 Å². The average Bonchev–Trinajstić information content (AvgIpc) is 2.78. The van der Waals surface area contributed by atoms with E-state index in [1.54, 1.807) is 4.90 Å². The fraction of sp³-hybridized carbons (Fsp3) is 0.652. The second-order valence-electron chi connectivity index (χ2n) is 8.33. The summed E-state index contributed by atoms with van der Waals surface area (Å²) in [5.74, 6) is 0.534. The number of urea groups is 1. The molecular formula is C23H35N3O3. The number of piperidine rings is 1. The van der Waals surface area contributed by atoms with Crippen LogP contribution in [0.3, 0.4) is 0 Å². The lowest BCUT2D eigenvalue weighted by Gasteiger charge is -2.36. The average molecular weight is 402 g/mol. The number of rotatable bonds is 7. The van der Waals surface area contributed by atoms with Gasteiger partial charge in [-0.25, -0.2) is 4.79 Å². The van der Waals surface area contributed by atoms with E-state index in [4.69, 9.17) is 0 Å². The van der Waals surface area contributed by atoms with Gasteiger partial charge in [-0.15, -0.1) is 0 Å². The van der Waals surface area contributed by atoms with Gasteiger partial charge < -0.3 is 20.2 Å². The third-order valence-electron chi connectivity index (χ3n) is 6.26. The number of nitrogens with one attached hydrogen (secondary N) is 1. The molecule has 1 saturated heterocycles. The Bertz CT molecular complexity index is 638. The SMILES string of the molecule is O=C(NC1CCN(C(=O)C2CCCCC2)CC1)N(CCO)CCc1ccccc1. The van der Waals surface area contributed by atoms with Gasteiger partial charge in [0.25, 0.3) is 0 Å². The van der Waals surface area contributed by atoms with Crippen LogP contribution in [-0.4, -0.2) is 65.7 Å². The van der Waals surface area contributed by atoms with E-state index >= 15 is 0 Å². The fourth-order valence-corrected chi connectivity index (χ4v) is 4.46. The van der Waals surface area contributed by atoms with Crippen molar-refractivity contribution in [1.82, 2.24) is 15.1 Å². The van der Waals surface area contributed by atoms with Gasteiger partial charge in [0.15, 0.2) is 0 Å². The van der Waals surface area contributed by atoms with E-state index in [0.717, 1.165) is 45.2 Å². The molecule has 6 heteroatoms. The van der Waals surface area contributed by atoms with E-state index in [-0.39, 0.29) is 24.6 Å². The summed E-state index contributed by atoms with van der Waals surface area (Å²) < 4.78 is 0. The molecule has 6 nitrogen and oxygen atoms in total. The van der Waals surface area contributed by atoms with E-state index in [1.807, 2.05) is 35.2 Å². The van der Waals surface area contributed by atoms with Crippen molar-refractivity contribution in [3.8, 4) is 0 Å². The number of carbonyl (C=O) groups is 2. The summed E-state index contributed by atoms with van der Waals surface area (Å²) >= 11 is 0. The van der Waals surface area contributed by atoms with E-state index in [2.05, 4.69) is 5.32 Å². The van der Waals surface area contributed by atoms with Crippen LogP contribution in [0.2, 0.25) is 0 Å². The normalized spacial score (nSPS) is 18.4. The number of amides is 3. The molecule has 1 aliphatic heterocycles. The predicted octanol–water partition coefficient (Wildman–Crippen LogP) is 2.80. The molecule has 2 fully saturated rings. The van der Waals surface area contributed by atoms with Gasteiger partial charge in [-0.1, -0.05) is 49.6 Å². The Morgan fingerprint density at radius 1 is 1.00 bits per heavy atom. The number of nitrogens with zero attached hydrogens (tertiary/aromatic N) is 2. The molecule has 0 unspecified atom stereocenters. The van der Waals surface area contributed by atoms with Gasteiger partial charge >= 0.3 is 6.03 Å². The molecule has 1 aliphatic carbocycles. The monoisotopic (exact) mass is 401 g/mol. The Kier molecular flexibility index (Phi) is 8.35. The maximum atomic E-state index is 12.7. The summed E-state index contributed by atoms with van der Waals surface area (Å²) in [6.07, 6.45) is 8.04. The third kappa shape index (κ3) is 6.46. The minimum absolute atomic E-state index is 0.0451. The lowest BCUT2D eigenvalue weighted by molar-refractivity contribution is -0.137. The zero-order valence-corrected chi connectivity index (χ0v) is 17.4. The van der Waals surface area contributed by atoms with Gasteiger partial charge in [0, 0.05) is 38.1 Å². The molecular weight excluding hydrogens is 366 g/mol. The molecule has 1 saturated carbocycles. The first-order chi connectivity index (χ1) is 14.2. The predicted molar refractivity (Wildman–Crippen MR) is 114 cm³/mol. The summed E-state index contributed by atoms with van der Waals surface area (Å²) in [4.78, 5) is 29.1. The van der Waals surface area contributed by atoms with Crippen molar-refractivity contribution in [3.63, 3.8) is 0 Å². The highest BCUT2D eigenvalue weighted by Gasteiger charge is 2.30. The summed E-state index contributed by atoms with van der Waals surface area (Å²) in [6, 6.07) is 10.0. The highest BCUT2D eigenvalue weighted by atomic mass is 16.3. The Balaban J connectivity index is 1.43. The minimum atomic E-state index is -0.118. The molecule has 0 spiro atoms. The highest BCUT2D eigenvalue weighted by molar-refractivity contribution is 5.79. The summed E-state index contributed by atoms with van der Waals surface area (Å²) in [5.41, 5.74) is 1.18. The molecule has 2 N–H and O–H groups in total. The highest BCUT2D eigenvalue weighted by Crippen LogP contribution is 2.26. The van der Waals surface area contributed by atoms with E-state index in [1.165, 1.54) is 24.8 Å². The van der Waals surface area contributed by atoms with E-state index in [9.17, 15) is 14.7 Å². The molecule has 160 valence electrons. The van der Waals surface area contributed by atoms with Crippen molar-refractivity contribution in [2.45, 2.75) is 57.4 Å². The van der Waals surface area contributed by atoms with Gasteiger partial charge in [-0.05, 0) is 37.7 Å². The Hall–Kier alpha value is -2.08. The van der Waals surface area contributed by atoms with Crippen molar-refractivity contribution in [2.75, 3.05) is 32.8 Å². The molecule has 3 amide bonds. The van der Waals surface area contributed by atoms with E-state index < -0.39 is 0 Å². The number of hydrogen-bond acceptors (Lipinski definition) is 3. The zero-order valence-electron chi connectivity index (χ0n) is 17.4. The van der Waals surface area contributed by atoms with Crippen LogP contribution in [0.15, 0.2) is 30.3 Å². The first-order valence-electron chi connectivity index (χ1n) is 11.2. The number of aliphatic hydroxyl groups excluding tert-OH is 1. The van der Waals surface area contributed by atoms with Crippen molar-refractivity contribution in [1.29, 1.82) is 0 Å². The van der Waals surface area contributed by atoms with Gasteiger partial charge in [0.2, 0.25) is 5.91 Å². The van der Waals surface area contributed by atoms with Crippen molar-refractivity contribution in [2.24, 2.45) is 5.92 Å². The summed E-state index contributed by atoms with van der Waals surface area (Å²) in [6.45, 7) is 2.32. The quantitative estimate of drug-likeness (QED) is 0.738. The van der Waals surface area contributed by atoms with Crippen LogP contribution >= 0.6 is 0 Å². The minimum Gasteiger partial charge on any atom is -0.395 e. The van der Waals surface area contributed by atoms with Crippen LogP contribution in [0.5, 0.6) is 0 Å². The molecule has 29 heavy (non-hydrogen) atoms. The fourth-order valence-electron chi connectivity index (χ4n) is 4.46. The van der Waals surface area contributed by atoms with Gasteiger partial charge in [-0.2, -0.15) is 0 Å². The molecule has 1 heterocycles. The zero-order chi connectivity index (χ0) is 20.5. The third-order valence-corrected chi connectivity index (χ3v) is 6.26. The molecule has 0 bridgehead atoms. The number of benzene rings is 1. The van der Waals surface area contributed by atoms with Crippen LogP contribution in [0.25, 0.3) is 0 Å². The first-order valence-corrected chi connectivity index (χ1v) is 11.2. The van der Waals surface area contributed by atoms with E-state index in [0.29, 0.717) is 19.0 Å². The van der Waals surface area contributed by atoms with Crippen molar-refractivity contribution in [3.05, 3.63) is 35.9 Å². The lowest BCUT2D eigenvalue weighted by Crippen LogP contribution is -2.51. The molecule has 1 aromatic rings. The molecule has 0 radical (unpaired) electrons. The van der Waals surface area contributed by atoms with Gasteiger partial charge in [0.05, 0.1) is 6.61 Å². The van der Waals surface area contributed by atoms with Crippen molar-refractivity contribution < 1.29 is 14.7 Å². The maximum Gasteiger partial charge on any atom is 0.317 e. The summed E-state index contributed by atoms with van der Waals surface area (Å²) in [7, 11) is 0. The number of carbonyl (C=O) groups excluding carboxylic acids is 2. The standard InChI is InChI=1S/C23H35N3O3/c27-18-17-26(14-11-19-7-3-1-4-8-19)23(29)24-21-12-15-25(16-13-21)22(28)20-9-5-2-6-10-20/h1,3-4,7-8,20-21,27H,2,5-6,9-18H2,(H,24,29). The molecule has 2 aliphatic rings. The maximum absolute atomic E-state index is 12.7. The molecule has 1 aromatic carbocycles. The second-order valence-corrected chi connectivity index (χ2v) is 8.33. The van der Waals surface area contributed by atoms with Crippen LogP contribution in [0.1, 0.15) is 50.5 Å².